The molecule has 1 unspecified atom stereocenters. The molecule has 2 N–H and O–H groups in total. The lowest BCUT2D eigenvalue weighted by atomic mass is 9.91. The fourth-order valence-electron chi connectivity index (χ4n) is 5.60. The SMILES string of the molecule is CCc1cccc(CPc2cc(/C(C)=C3\CN(c4ncc(C(C)C)cp4)CCC3=N)c3cc[nH]c3c2C)c1C. The second-order valence-corrected chi connectivity index (χ2v) is 13.2. The van der Waals surface area contributed by atoms with E-state index in [1.165, 1.54) is 55.2 Å². The van der Waals surface area contributed by atoms with Crippen molar-refractivity contribution in [3.05, 3.63) is 87.5 Å². The molecule has 4 aromatic rings. The van der Waals surface area contributed by atoms with Gasteiger partial charge in [0.2, 0.25) is 0 Å². The van der Waals surface area contributed by atoms with Gasteiger partial charge in [0.1, 0.15) is 0 Å². The number of nitrogens with zero attached hydrogens (tertiary/aromatic N) is 2. The number of aromatic amines is 1. The molecule has 1 aliphatic rings. The molecule has 0 amide bonds. The van der Waals surface area contributed by atoms with Gasteiger partial charge in [-0.05, 0) is 115 Å². The monoisotopic (exact) mass is 554 g/mol. The van der Waals surface area contributed by atoms with Gasteiger partial charge in [-0.15, -0.1) is 0 Å². The lowest BCUT2D eigenvalue weighted by Gasteiger charge is -2.31. The van der Waals surface area contributed by atoms with Gasteiger partial charge in [-0.1, -0.05) is 47.6 Å². The summed E-state index contributed by atoms with van der Waals surface area (Å²) in [6.45, 7) is 15.0. The first-order chi connectivity index (χ1) is 18.8. The molecule has 0 saturated carbocycles. The van der Waals surface area contributed by atoms with Crippen LogP contribution in [0.15, 0.2) is 54.1 Å². The Balaban J connectivity index is 1.49. The number of fused-ring (bicyclic) bond motifs is 1. The number of piperidine rings is 1. The summed E-state index contributed by atoms with van der Waals surface area (Å²) in [6, 6.07) is 11.4. The van der Waals surface area contributed by atoms with Crippen molar-refractivity contribution in [1.29, 1.82) is 5.41 Å². The van der Waals surface area contributed by atoms with Gasteiger partial charge < -0.3 is 15.3 Å². The molecule has 1 atom stereocenters. The van der Waals surface area contributed by atoms with E-state index < -0.39 is 0 Å². The molecule has 3 heterocycles. The third-order valence-corrected chi connectivity index (χ3v) is 10.8. The summed E-state index contributed by atoms with van der Waals surface area (Å²) in [5, 5.41) is 11.6. The van der Waals surface area contributed by atoms with Crippen LogP contribution >= 0.6 is 16.8 Å². The lowest BCUT2D eigenvalue weighted by Crippen LogP contribution is -2.36. The predicted octanol–water partition coefficient (Wildman–Crippen LogP) is 8.65. The van der Waals surface area contributed by atoms with E-state index in [4.69, 9.17) is 10.4 Å². The van der Waals surface area contributed by atoms with Gasteiger partial charge in [-0.3, -0.25) is 0 Å². The standard InChI is InChI=1S/C33H40N4P2/c1-7-24-9-8-10-25(21(24)4)18-38-31-15-28(27-11-13-35-32(27)23(31)6)22(5)29-17-37(14-12-30(29)34)33-36-16-26(19-39-33)20(2)3/h8-11,13,15-16,19-20,34-35,38H,7,12,14,17-18H2,1-6H3/b29-22+,34-30?. The minimum atomic E-state index is 0.495. The fourth-order valence-corrected chi connectivity index (χ4v) is 8.09. The highest BCUT2D eigenvalue weighted by atomic mass is 31.1. The molecule has 1 aliphatic heterocycles. The second-order valence-electron chi connectivity index (χ2n) is 11.0. The van der Waals surface area contributed by atoms with Crippen LogP contribution in [0.3, 0.4) is 0 Å². The molecule has 6 heteroatoms. The lowest BCUT2D eigenvalue weighted by molar-refractivity contribution is 0.811. The van der Waals surface area contributed by atoms with E-state index in [1.807, 2.05) is 6.20 Å². The third kappa shape index (κ3) is 5.60. The largest absolute Gasteiger partial charge is 0.361 e. The smallest absolute Gasteiger partial charge is 0.155 e. The molecule has 2 aromatic carbocycles. The van der Waals surface area contributed by atoms with Crippen molar-refractivity contribution < 1.29 is 0 Å². The van der Waals surface area contributed by atoms with Crippen molar-refractivity contribution in [2.75, 3.05) is 18.0 Å². The Morgan fingerprint density at radius 2 is 1.97 bits per heavy atom. The first-order valence-corrected chi connectivity index (χ1v) is 16.2. The van der Waals surface area contributed by atoms with Crippen LogP contribution in [-0.4, -0.2) is 28.8 Å². The number of allylic oxidation sites excluding steroid dienone is 1. The topological polar surface area (TPSA) is 55.8 Å². The number of hydrogen-bond donors (Lipinski definition) is 2. The highest BCUT2D eigenvalue weighted by molar-refractivity contribution is 7.46. The molecule has 202 valence electrons. The molecule has 4 nitrogen and oxygen atoms in total. The molecule has 5 rings (SSSR count). The van der Waals surface area contributed by atoms with Crippen LogP contribution in [0.5, 0.6) is 0 Å². The number of benzene rings is 2. The van der Waals surface area contributed by atoms with E-state index in [0.29, 0.717) is 14.5 Å². The molecule has 0 spiro atoms. The number of aromatic nitrogens is 2. The molecule has 0 bridgehead atoms. The predicted molar refractivity (Wildman–Crippen MR) is 173 cm³/mol. The summed E-state index contributed by atoms with van der Waals surface area (Å²) in [4.78, 5) is 10.7. The Morgan fingerprint density at radius 1 is 1.18 bits per heavy atom. The minimum Gasteiger partial charge on any atom is -0.361 e. The van der Waals surface area contributed by atoms with Gasteiger partial charge in [-0.25, -0.2) is 4.98 Å². The van der Waals surface area contributed by atoms with Crippen LogP contribution in [0.2, 0.25) is 0 Å². The summed E-state index contributed by atoms with van der Waals surface area (Å²) in [7, 11) is 1.86. The Hall–Kier alpha value is -2.80. The zero-order valence-corrected chi connectivity index (χ0v) is 26.0. The van der Waals surface area contributed by atoms with E-state index in [9.17, 15) is 0 Å². The summed E-state index contributed by atoms with van der Waals surface area (Å²) in [6.07, 6.45) is 6.98. The summed E-state index contributed by atoms with van der Waals surface area (Å²) in [5.74, 6) is 2.78. The van der Waals surface area contributed by atoms with Crippen LogP contribution in [0.1, 0.15) is 73.4 Å². The van der Waals surface area contributed by atoms with E-state index in [-0.39, 0.29) is 0 Å². The van der Waals surface area contributed by atoms with E-state index in [1.54, 1.807) is 0 Å². The summed E-state index contributed by atoms with van der Waals surface area (Å²) in [5.41, 5.74) is 13.7. The average Bonchev–Trinajstić information content (AvgIpc) is 3.44. The van der Waals surface area contributed by atoms with Crippen LogP contribution in [0.25, 0.3) is 16.5 Å². The quantitative estimate of drug-likeness (QED) is 0.225. The van der Waals surface area contributed by atoms with E-state index >= 15 is 0 Å². The van der Waals surface area contributed by atoms with Crippen molar-refractivity contribution in [3.63, 3.8) is 0 Å². The van der Waals surface area contributed by atoms with Crippen molar-refractivity contribution in [2.24, 2.45) is 0 Å². The van der Waals surface area contributed by atoms with Gasteiger partial charge in [0.25, 0.3) is 0 Å². The van der Waals surface area contributed by atoms with Gasteiger partial charge in [0.05, 0.1) is 0 Å². The molecule has 1 saturated heterocycles. The van der Waals surface area contributed by atoms with Crippen molar-refractivity contribution >= 4 is 49.8 Å². The van der Waals surface area contributed by atoms with Crippen LogP contribution < -0.4 is 10.2 Å². The van der Waals surface area contributed by atoms with Crippen molar-refractivity contribution in [3.8, 4) is 0 Å². The molecular formula is C33H40N4P2. The zero-order chi connectivity index (χ0) is 27.7. The molecule has 0 aliphatic carbocycles. The second kappa shape index (κ2) is 11.7. The van der Waals surface area contributed by atoms with Gasteiger partial charge in [0, 0.05) is 48.5 Å². The Bertz CT molecular complexity index is 1550. The molecule has 39 heavy (non-hydrogen) atoms. The van der Waals surface area contributed by atoms with Crippen LogP contribution in [0, 0.1) is 19.3 Å². The summed E-state index contributed by atoms with van der Waals surface area (Å²) < 4.78 is 0. The van der Waals surface area contributed by atoms with Crippen LogP contribution in [-0.2, 0) is 12.6 Å². The highest BCUT2D eigenvalue weighted by Crippen LogP contribution is 2.35. The van der Waals surface area contributed by atoms with Gasteiger partial charge in [0.15, 0.2) is 5.55 Å². The summed E-state index contributed by atoms with van der Waals surface area (Å²) >= 11 is 0. The number of hydrogen-bond acceptors (Lipinski definition) is 3. The molecule has 0 radical (unpaired) electrons. The minimum absolute atomic E-state index is 0.495. The Morgan fingerprint density at radius 3 is 2.69 bits per heavy atom. The maximum Gasteiger partial charge on any atom is 0.155 e. The molecule has 2 aromatic heterocycles. The number of aryl methyl sites for hydroxylation is 2. The first-order valence-electron chi connectivity index (χ1n) is 14.0. The number of anilines is 1. The Labute approximate surface area is 236 Å². The number of rotatable bonds is 7. The Kier molecular flexibility index (Phi) is 8.36. The zero-order valence-electron chi connectivity index (χ0n) is 24.1. The van der Waals surface area contributed by atoms with E-state index in [2.05, 4.69) is 93.8 Å². The maximum absolute atomic E-state index is 8.89. The molecule has 1 fully saturated rings. The average molecular weight is 555 g/mol. The van der Waals surface area contributed by atoms with Gasteiger partial charge in [-0.2, -0.15) is 0 Å². The maximum atomic E-state index is 8.89. The number of nitrogens with one attached hydrogen (secondary N) is 2. The highest BCUT2D eigenvalue weighted by Gasteiger charge is 2.24. The normalized spacial score (nSPS) is 16.0. The fraction of sp³-hybridized carbons (Fsp3) is 0.364. The van der Waals surface area contributed by atoms with Crippen molar-refractivity contribution in [1.82, 2.24) is 9.97 Å². The van der Waals surface area contributed by atoms with Crippen LogP contribution in [0.4, 0.5) is 5.55 Å². The van der Waals surface area contributed by atoms with E-state index in [0.717, 1.165) is 57.1 Å². The first kappa shape index (κ1) is 27.8. The van der Waals surface area contributed by atoms with Gasteiger partial charge >= 0.3 is 0 Å². The third-order valence-electron chi connectivity index (χ3n) is 8.32. The number of H-pyrrole nitrogens is 1. The molecular weight excluding hydrogens is 514 g/mol. The van der Waals surface area contributed by atoms with Crippen molar-refractivity contribution in [2.45, 2.75) is 66.5 Å².